The van der Waals surface area contributed by atoms with Crippen LogP contribution in [-0.2, 0) is 0 Å². The molecule has 0 unspecified atom stereocenters. The molecule has 0 heteroatoms. The van der Waals surface area contributed by atoms with Crippen LogP contribution < -0.4 is 0 Å². The molecule has 0 bridgehead atoms. The van der Waals surface area contributed by atoms with E-state index in [1.165, 1.54) is 50.1 Å². The van der Waals surface area contributed by atoms with Gasteiger partial charge in [-0.2, -0.15) is 0 Å². The molecule has 0 aromatic heterocycles. The maximum absolute atomic E-state index is 2.31. The summed E-state index contributed by atoms with van der Waals surface area (Å²) in [6, 6.07) is 45.6. The van der Waals surface area contributed by atoms with Gasteiger partial charge in [0.1, 0.15) is 0 Å². The van der Waals surface area contributed by atoms with Crippen LogP contribution in [0.2, 0.25) is 0 Å². The van der Waals surface area contributed by atoms with Crippen molar-refractivity contribution in [2.24, 2.45) is 0 Å². The molecule has 0 aliphatic carbocycles. The van der Waals surface area contributed by atoms with Crippen LogP contribution >= 0.6 is 0 Å². The van der Waals surface area contributed by atoms with Crippen molar-refractivity contribution >= 4 is 0 Å². The van der Waals surface area contributed by atoms with E-state index in [-0.39, 0.29) is 0 Å². The van der Waals surface area contributed by atoms with Gasteiger partial charge in [-0.1, -0.05) is 121 Å². The summed E-state index contributed by atoms with van der Waals surface area (Å²) in [6.45, 7) is 2.15. The van der Waals surface area contributed by atoms with Crippen molar-refractivity contribution in [2.75, 3.05) is 0 Å². The van der Waals surface area contributed by atoms with Crippen molar-refractivity contribution in [1.29, 1.82) is 0 Å². The standard InChI is InChI=1S/C31H24/c1-23-18-19-30(31(20-23)25-12-6-3-7-13-25)29-17-9-16-28(22-29)27-15-8-14-26(21-27)24-10-4-2-5-11-24/h2-22H,1H3. The number of hydrogen-bond donors (Lipinski definition) is 0. The first-order valence-electron chi connectivity index (χ1n) is 10.7. The summed E-state index contributed by atoms with van der Waals surface area (Å²) < 4.78 is 0. The third-order valence-electron chi connectivity index (χ3n) is 5.74. The van der Waals surface area contributed by atoms with E-state index in [2.05, 4.69) is 134 Å². The van der Waals surface area contributed by atoms with Gasteiger partial charge in [0, 0.05) is 0 Å². The predicted molar refractivity (Wildman–Crippen MR) is 133 cm³/mol. The van der Waals surface area contributed by atoms with E-state index in [0.717, 1.165) is 0 Å². The van der Waals surface area contributed by atoms with E-state index >= 15 is 0 Å². The topological polar surface area (TPSA) is 0 Å². The van der Waals surface area contributed by atoms with Crippen LogP contribution in [0.25, 0.3) is 44.5 Å². The highest BCUT2D eigenvalue weighted by atomic mass is 14.1. The summed E-state index contributed by atoms with van der Waals surface area (Å²) >= 11 is 0. The Balaban J connectivity index is 1.59. The molecule has 31 heavy (non-hydrogen) atoms. The average molecular weight is 397 g/mol. The number of benzene rings is 5. The normalized spacial score (nSPS) is 10.7. The third-order valence-corrected chi connectivity index (χ3v) is 5.74. The summed E-state index contributed by atoms with van der Waals surface area (Å²) in [7, 11) is 0. The van der Waals surface area contributed by atoms with Gasteiger partial charge in [-0.15, -0.1) is 0 Å². The summed E-state index contributed by atoms with van der Waals surface area (Å²) in [5, 5.41) is 0. The fraction of sp³-hybridized carbons (Fsp3) is 0.0323. The van der Waals surface area contributed by atoms with Crippen LogP contribution in [0.1, 0.15) is 5.56 Å². The first-order valence-corrected chi connectivity index (χ1v) is 10.7. The van der Waals surface area contributed by atoms with E-state index in [0.29, 0.717) is 0 Å². The summed E-state index contributed by atoms with van der Waals surface area (Å²) in [5.41, 5.74) is 11.2. The lowest BCUT2D eigenvalue weighted by atomic mass is 9.91. The molecule has 0 atom stereocenters. The minimum Gasteiger partial charge on any atom is -0.0622 e. The SMILES string of the molecule is Cc1ccc(-c2cccc(-c3cccc(-c4ccccc4)c3)c2)c(-c2ccccc2)c1. The smallest absolute Gasteiger partial charge is 0.0103 e. The Bertz CT molecular complexity index is 1310. The second-order valence-electron chi connectivity index (χ2n) is 7.94. The molecule has 0 saturated carbocycles. The van der Waals surface area contributed by atoms with Gasteiger partial charge in [0.05, 0.1) is 0 Å². The fourth-order valence-corrected chi connectivity index (χ4v) is 4.14. The lowest BCUT2D eigenvalue weighted by Crippen LogP contribution is -1.88. The molecule has 148 valence electrons. The second kappa shape index (κ2) is 8.45. The maximum Gasteiger partial charge on any atom is -0.0103 e. The highest BCUT2D eigenvalue weighted by Crippen LogP contribution is 2.35. The Morgan fingerprint density at radius 2 is 0.806 bits per heavy atom. The van der Waals surface area contributed by atoms with E-state index < -0.39 is 0 Å². The Kier molecular flexibility index (Phi) is 5.21. The van der Waals surface area contributed by atoms with Gasteiger partial charge in [0.2, 0.25) is 0 Å². The van der Waals surface area contributed by atoms with Crippen LogP contribution in [0.5, 0.6) is 0 Å². The maximum atomic E-state index is 2.31. The van der Waals surface area contributed by atoms with Gasteiger partial charge in [0.15, 0.2) is 0 Å². The van der Waals surface area contributed by atoms with Crippen molar-refractivity contribution in [3.05, 3.63) is 133 Å². The monoisotopic (exact) mass is 396 g/mol. The molecular formula is C31H24. The highest BCUT2D eigenvalue weighted by Gasteiger charge is 2.09. The summed E-state index contributed by atoms with van der Waals surface area (Å²) in [5.74, 6) is 0. The Labute approximate surface area is 184 Å². The van der Waals surface area contributed by atoms with E-state index in [1.807, 2.05) is 0 Å². The highest BCUT2D eigenvalue weighted by molar-refractivity contribution is 5.86. The number of aryl methyl sites for hydroxylation is 1. The molecule has 0 amide bonds. The minimum atomic E-state index is 1.23. The zero-order valence-corrected chi connectivity index (χ0v) is 17.6. The second-order valence-corrected chi connectivity index (χ2v) is 7.94. The van der Waals surface area contributed by atoms with Crippen molar-refractivity contribution in [3.63, 3.8) is 0 Å². The molecule has 0 radical (unpaired) electrons. The molecule has 0 N–H and O–H groups in total. The molecule has 5 aromatic rings. The molecular weight excluding hydrogens is 372 g/mol. The van der Waals surface area contributed by atoms with Crippen LogP contribution in [-0.4, -0.2) is 0 Å². The average Bonchev–Trinajstić information content (AvgIpc) is 2.85. The largest absolute Gasteiger partial charge is 0.0622 e. The Hall–Kier alpha value is -3.90. The van der Waals surface area contributed by atoms with Gasteiger partial charge in [-0.05, 0) is 63.6 Å². The first-order chi connectivity index (χ1) is 15.3. The van der Waals surface area contributed by atoms with Crippen molar-refractivity contribution < 1.29 is 0 Å². The molecule has 0 aliphatic rings. The van der Waals surface area contributed by atoms with Crippen LogP contribution in [0.4, 0.5) is 0 Å². The number of rotatable bonds is 4. The molecule has 0 nitrogen and oxygen atoms in total. The third kappa shape index (κ3) is 4.06. The van der Waals surface area contributed by atoms with E-state index in [4.69, 9.17) is 0 Å². The van der Waals surface area contributed by atoms with Crippen LogP contribution in [0.3, 0.4) is 0 Å². The summed E-state index contributed by atoms with van der Waals surface area (Å²) in [4.78, 5) is 0. The Morgan fingerprint density at radius 3 is 1.45 bits per heavy atom. The predicted octanol–water partition coefficient (Wildman–Crippen LogP) is 8.66. The number of hydrogen-bond acceptors (Lipinski definition) is 0. The zero-order chi connectivity index (χ0) is 21.0. The van der Waals surface area contributed by atoms with Crippen LogP contribution in [0, 0.1) is 6.92 Å². The van der Waals surface area contributed by atoms with Gasteiger partial charge in [-0.3, -0.25) is 0 Å². The molecule has 0 heterocycles. The Morgan fingerprint density at radius 1 is 0.323 bits per heavy atom. The van der Waals surface area contributed by atoms with Gasteiger partial charge >= 0.3 is 0 Å². The molecule has 5 rings (SSSR count). The van der Waals surface area contributed by atoms with Crippen molar-refractivity contribution in [1.82, 2.24) is 0 Å². The van der Waals surface area contributed by atoms with Gasteiger partial charge in [0.25, 0.3) is 0 Å². The minimum absolute atomic E-state index is 1.23. The van der Waals surface area contributed by atoms with Gasteiger partial charge < -0.3 is 0 Å². The molecule has 0 saturated heterocycles. The lowest BCUT2D eigenvalue weighted by molar-refractivity contribution is 1.46. The van der Waals surface area contributed by atoms with Crippen LogP contribution in [0.15, 0.2) is 127 Å². The van der Waals surface area contributed by atoms with Crippen molar-refractivity contribution in [3.8, 4) is 44.5 Å². The molecule has 0 spiro atoms. The van der Waals surface area contributed by atoms with Crippen molar-refractivity contribution in [2.45, 2.75) is 6.92 Å². The van der Waals surface area contributed by atoms with E-state index in [9.17, 15) is 0 Å². The fourth-order valence-electron chi connectivity index (χ4n) is 4.14. The lowest BCUT2D eigenvalue weighted by Gasteiger charge is -2.13. The quantitative estimate of drug-likeness (QED) is 0.285. The molecule has 0 aliphatic heterocycles. The van der Waals surface area contributed by atoms with E-state index in [1.54, 1.807) is 0 Å². The zero-order valence-electron chi connectivity index (χ0n) is 17.6. The van der Waals surface area contributed by atoms with Gasteiger partial charge in [-0.25, -0.2) is 0 Å². The summed E-state index contributed by atoms with van der Waals surface area (Å²) in [6.07, 6.45) is 0. The molecule has 0 fully saturated rings. The first kappa shape index (κ1) is 19.1. The molecule has 5 aromatic carbocycles.